The van der Waals surface area contributed by atoms with E-state index in [4.69, 9.17) is 9.47 Å². The van der Waals surface area contributed by atoms with Crippen LogP contribution in [0.25, 0.3) is 10.8 Å². The Morgan fingerprint density at radius 2 is 1.78 bits per heavy atom. The van der Waals surface area contributed by atoms with E-state index in [0.717, 1.165) is 24.8 Å². The number of benzene rings is 2. The van der Waals surface area contributed by atoms with Crippen LogP contribution in [0, 0.1) is 11.3 Å². The van der Waals surface area contributed by atoms with Crippen molar-refractivity contribution in [2.24, 2.45) is 11.3 Å². The fraction of sp³-hybridized carbons (Fsp3) is 0.391. The average Bonchev–Trinajstić information content (AvgIpc) is 2.97. The van der Waals surface area contributed by atoms with Crippen molar-refractivity contribution in [2.45, 2.75) is 31.6 Å². The van der Waals surface area contributed by atoms with E-state index in [-0.39, 0.29) is 11.8 Å². The SMILES string of the molecule is COC(=O)C1(C(=O)OC)Cc2ccc3ccccc3c2[C@@H]2C=CCCC[C@H]21. The Balaban J connectivity index is 2.01. The van der Waals surface area contributed by atoms with Crippen molar-refractivity contribution in [2.75, 3.05) is 14.2 Å². The third-order valence-electron chi connectivity index (χ3n) is 6.26. The molecule has 0 amide bonds. The Labute approximate surface area is 159 Å². The minimum absolute atomic E-state index is 0.0134. The van der Waals surface area contributed by atoms with Crippen LogP contribution in [0.1, 0.15) is 36.3 Å². The molecule has 0 aromatic heterocycles. The number of methoxy groups -OCH3 is 2. The second-order valence-electron chi connectivity index (χ2n) is 7.48. The van der Waals surface area contributed by atoms with Crippen molar-refractivity contribution in [3.63, 3.8) is 0 Å². The van der Waals surface area contributed by atoms with E-state index >= 15 is 0 Å². The van der Waals surface area contributed by atoms with Crippen LogP contribution in [-0.4, -0.2) is 26.2 Å². The molecule has 0 radical (unpaired) electrons. The summed E-state index contributed by atoms with van der Waals surface area (Å²) in [5.41, 5.74) is 0.968. The lowest BCUT2D eigenvalue weighted by molar-refractivity contribution is -0.175. The van der Waals surface area contributed by atoms with E-state index in [9.17, 15) is 9.59 Å². The highest BCUT2D eigenvalue weighted by Crippen LogP contribution is 2.53. The van der Waals surface area contributed by atoms with E-state index in [1.54, 1.807) is 0 Å². The van der Waals surface area contributed by atoms with E-state index in [1.807, 2.05) is 18.2 Å². The molecule has 4 nitrogen and oxygen atoms in total. The normalized spacial score (nSPS) is 23.0. The first-order valence-corrected chi connectivity index (χ1v) is 9.47. The molecule has 2 aromatic rings. The third kappa shape index (κ3) is 2.58. The Morgan fingerprint density at radius 3 is 2.52 bits per heavy atom. The van der Waals surface area contributed by atoms with Crippen molar-refractivity contribution >= 4 is 22.7 Å². The van der Waals surface area contributed by atoms with E-state index < -0.39 is 17.4 Å². The number of ether oxygens (including phenoxy) is 2. The number of rotatable bonds is 2. The zero-order chi connectivity index (χ0) is 19.0. The Kier molecular flexibility index (Phi) is 4.50. The second-order valence-corrected chi connectivity index (χ2v) is 7.48. The van der Waals surface area contributed by atoms with Gasteiger partial charge in [-0.15, -0.1) is 0 Å². The van der Waals surface area contributed by atoms with Gasteiger partial charge in [-0.1, -0.05) is 48.6 Å². The number of allylic oxidation sites excluding steroid dienone is 2. The summed E-state index contributed by atoms with van der Waals surface area (Å²) in [6.45, 7) is 0. The number of fused-ring (bicyclic) bond motifs is 5. The monoisotopic (exact) mass is 364 g/mol. The number of hydrogen-bond acceptors (Lipinski definition) is 4. The standard InChI is InChI=1S/C23H24O4/c1-26-21(24)23(22(25)27-2)14-16-13-12-15-8-6-7-9-17(15)20(16)18-10-4-3-5-11-19(18)23/h4,6-10,12-13,18-19H,3,5,11,14H2,1-2H3/t18-,19-/m1/s1. The smallest absolute Gasteiger partial charge is 0.323 e. The molecule has 0 saturated heterocycles. The lowest BCUT2D eigenvalue weighted by atomic mass is 9.58. The first-order chi connectivity index (χ1) is 13.1. The molecule has 4 heteroatoms. The molecule has 0 aliphatic heterocycles. The van der Waals surface area contributed by atoms with Crippen LogP contribution >= 0.6 is 0 Å². The molecular formula is C23H24O4. The molecule has 0 bridgehead atoms. The predicted octanol–water partition coefficient (Wildman–Crippen LogP) is 4.17. The summed E-state index contributed by atoms with van der Waals surface area (Å²) in [6, 6.07) is 12.4. The Morgan fingerprint density at radius 1 is 1.04 bits per heavy atom. The van der Waals surface area contributed by atoms with Gasteiger partial charge in [0.25, 0.3) is 0 Å². The van der Waals surface area contributed by atoms with E-state index in [0.29, 0.717) is 6.42 Å². The van der Waals surface area contributed by atoms with Gasteiger partial charge in [-0.05, 0) is 53.5 Å². The third-order valence-corrected chi connectivity index (χ3v) is 6.26. The molecule has 140 valence electrons. The lowest BCUT2D eigenvalue weighted by Gasteiger charge is -2.44. The summed E-state index contributed by atoms with van der Waals surface area (Å²) in [4.78, 5) is 26.0. The van der Waals surface area contributed by atoms with Crippen LogP contribution in [0.4, 0.5) is 0 Å². The quantitative estimate of drug-likeness (QED) is 0.456. The van der Waals surface area contributed by atoms with E-state index in [1.165, 1.54) is 30.6 Å². The van der Waals surface area contributed by atoms with Crippen molar-refractivity contribution in [1.29, 1.82) is 0 Å². The maximum absolute atomic E-state index is 13.0. The highest BCUT2D eigenvalue weighted by atomic mass is 16.5. The molecule has 0 saturated carbocycles. The highest BCUT2D eigenvalue weighted by molar-refractivity contribution is 6.02. The van der Waals surface area contributed by atoms with Gasteiger partial charge in [-0.2, -0.15) is 0 Å². The zero-order valence-corrected chi connectivity index (χ0v) is 15.7. The van der Waals surface area contributed by atoms with Crippen molar-refractivity contribution < 1.29 is 19.1 Å². The van der Waals surface area contributed by atoms with Gasteiger partial charge in [0, 0.05) is 5.92 Å². The van der Waals surface area contributed by atoms with Gasteiger partial charge in [0.05, 0.1) is 14.2 Å². The number of carbonyl (C=O) groups excluding carboxylic acids is 2. The van der Waals surface area contributed by atoms with Crippen LogP contribution < -0.4 is 0 Å². The van der Waals surface area contributed by atoms with Crippen LogP contribution in [-0.2, 0) is 25.5 Å². The van der Waals surface area contributed by atoms with Gasteiger partial charge < -0.3 is 9.47 Å². The van der Waals surface area contributed by atoms with Crippen molar-refractivity contribution in [3.05, 3.63) is 59.7 Å². The Bertz CT molecular complexity index is 911. The highest BCUT2D eigenvalue weighted by Gasteiger charge is 2.59. The summed E-state index contributed by atoms with van der Waals surface area (Å²) in [6.07, 6.45) is 7.36. The van der Waals surface area contributed by atoms with Crippen LogP contribution in [0.15, 0.2) is 48.6 Å². The van der Waals surface area contributed by atoms with Gasteiger partial charge in [0.2, 0.25) is 0 Å². The van der Waals surface area contributed by atoms with Crippen molar-refractivity contribution in [1.82, 2.24) is 0 Å². The minimum atomic E-state index is -1.29. The number of carbonyl (C=O) groups is 2. The van der Waals surface area contributed by atoms with Gasteiger partial charge in [0.15, 0.2) is 5.41 Å². The molecule has 0 fully saturated rings. The first-order valence-electron chi connectivity index (χ1n) is 9.47. The molecule has 0 spiro atoms. The molecule has 2 aliphatic carbocycles. The second kappa shape index (κ2) is 6.84. The first kappa shape index (κ1) is 17.8. The van der Waals surface area contributed by atoms with E-state index in [2.05, 4.69) is 30.4 Å². The fourth-order valence-corrected chi connectivity index (χ4v) is 5.08. The number of hydrogen-bond donors (Lipinski definition) is 0. The zero-order valence-electron chi connectivity index (χ0n) is 15.7. The van der Waals surface area contributed by atoms with Gasteiger partial charge >= 0.3 is 11.9 Å². The maximum atomic E-state index is 13.0. The summed E-state index contributed by atoms with van der Waals surface area (Å²) in [7, 11) is 2.70. The van der Waals surface area contributed by atoms with Gasteiger partial charge in [0.1, 0.15) is 0 Å². The summed E-state index contributed by atoms with van der Waals surface area (Å²) < 4.78 is 10.3. The molecule has 0 heterocycles. The largest absolute Gasteiger partial charge is 0.468 e. The summed E-state index contributed by atoms with van der Waals surface area (Å²) in [5.74, 6) is -1.16. The molecule has 0 unspecified atom stereocenters. The van der Waals surface area contributed by atoms with Crippen molar-refractivity contribution in [3.8, 4) is 0 Å². The molecular weight excluding hydrogens is 340 g/mol. The Hall–Kier alpha value is -2.62. The van der Waals surface area contributed by atoms with Gasteiger partial charge in [-0.3, -0.25) is 9.59 Å². The predicted molar refractivity (Wildman–Crippen MR) is 103 cm³/mol. The molecule has 0 N–H and O–H groups in total. The van der Waals surface area contributed by atoms with Gasteiger partial charge in [-0.25, -0.2) is 0 Å². The summed E-state index contributed by atoms with van der Waals surface area (Å²) in [5, 5.41) is 2.37. The van der Waals surface area contributed by atoms with Crippen LogP contribution in [0.3, 0.4) is 0 Å². The molecule has 2 aromatic carbocycles. The lowest BCUT2D eigenvalue weighted by Crippen LogP contribution is -2.52. The molecule has 27 heavy (non-hydrogen) atoms. The molecule has 2 atom stereocenters. The van der Waals surface area contributed by atoms with Crippen LogP contribution in [0.5, 0.6) is 0 Å². The fourth-order valence-electron chi connectivity index (χ4n) is 5.08. The topological polar surface area (TPSA) is 52.6 Å². The summed E-state index contributed by atoms with van der Waals surface area (Å²) >= 11 is 0. The van der Waals surface area contributed by atoms with Crippen LogP contribution in [0.2, 0.25) is 0 Å². The maximum Gasteiger partial charge on any atom is 0.323 e. The average molecular weight is 364 g/mol. The number of esters is 2. The molecule has 2 aliphatic rings. The minimum Gasteiger partial charge on any atom is -0.468 e. The molecule has 4 rings (SSSR count).